The van der Waals surface area contributed by atoms with E-state index in [9.17, 15) is 0 Å². The quantitative estimate of drug-likeness (QED) is 0.137. The highest BCUT2D eigenvalue weighted by Crippen LogP contribution is 2.36. The minimum absolute atomic E-state index is 0.0275. The van der Waals surface area contributed by atoms with Gasteiger partial charge in [-0.3, -0.25) is 0 Å². The van der Waals surface area contributed by atoms with Gasteiger partial charge in [-0.2, -0.15) is 44.9 Å². The smallest absolute Gasteiger partial charge is 0.327 e. The molecular weight excluding hydrogens is 783 g/mol. The monoisotopic (exact) mass is 795 g/mol. The molecular formula is C33H15Cl6N9O3. The van der Waals surface area contributed by atoms with E-state index in [1.807, 2.05) is 36.4 Å². The van der Waals surface area contributed by atoms with Crippen LogP contribution in [-0.2, 0) is 0 Å². The Bertz CT molecular complexity index is 2040. The van der Waals surface area contributed by atoms with E-state index in [0.717, 1.165) is 33.4 Å². The molecule has 12 nitrogen and oxygen atoms in total. The summed E-state index contributed by atoms with van der Waals surface area (Å²) in [6.45, 7) is 0. The Kier molecular flexibility index (Phi) is 10.2. The number of halogens is 6. The minimum Gasteiger partial charge on any atom is -0.424 e. The molecule has 0 aliphatic heterocycles. The molecule has 51 heavy (non-hydrogen) atoms. The molecule has 0 amide bonds. The summed E-state index contributed by atoms with van der Waals surface area (Å²) in [4.78, 5) is 34.9. The number of rotatable bonds is 9. The molecule has 0 N–H and O–H groups in total. The molecule has 0 aliphatic rings. The fraction of sp³-hybridized carbons (Fsp3) is 0. The summed E-state index contributed by atoms with van der Waals surface area (Å²) in [5, 5.41) is -0.477. The van der Waals surface area contributed by atoms with Gasteiger partial charge in [-0.05, 0) is 158 Å². The van der Waals surface area contributed by atoms with Crippen LogP contribution >= 0.6 is 69.6 Å². The molecule has 3 aromatic heterocycles. The lowest BCUT2D eigenvalue weighted by Crippen LogP contribution is -1.95. The van der Waals surface area contributed by atoms with E-state index in [-0.39, 0.29) is 49.7 Å². The van der Waals surface area contributed by atoms with Gasteiger partial charge in [-0.15, -0.1) is 0 Å². The topological polar surface area (TPSA) is 144 Å². The van der Waals surface area contributed by atoms with E-state index in [0.29, 0.717) is 17.2 Å². The van der Waals surface area contributed by atoms with Crippen LogP contribution in [0.15, 0.2) is 91.0 Å². The average molecular weight is 798 g/mol. The van der Waals surface area contributed by atoms with Crippen molar-refractivity contribution in [2.45, 2.75) is 0 Å². The van der Waals surface area contributed by atoms with Crippen molar-refractivity contribution in [2.24, 2.45) is 0 Å². The Balaban J connectivity index is 1.20. The number of ether oxygens (including phenoxy) is 3. The third kappa shape index (κ3) is 8.86. The lowest BCUT2D eigenvalue weighted by molar-refractivity contribution is 0.439. The van der Waals surface area contributed by atoms with Crippen LogP contribution < -0.4 is 14.2 Å². The maximum atomic E-state index is 5.89. The molecule has 7 rings (SSSR count). The van der Waals surface area contributed by atoms with E-state index in [4.69, 9.17) is 83.8 Å². The average Bonchev–Trinajstić information content (AvgIpc) is 3.08. The van der Waals surface area contributed by atoms with Gasteiger partial charge < -0.3 is 14.2 Å². The fourth-order valence-corrected chi connectivity index (χ4v) is 5.70. The summed E-state index contributed by atoms with van der Waals surface area (Å²) < 4.78 is 17.2. The Hall–Kier alpha value is -4.95. The molecule has 0 fully saturated rings. The van der Waals surface area contributed by atoms with Crippen LogP contribution in [0.3, 0.4) is 0 Å². The number of benzene rings is 4. The van der Waals surface area contributed by atoms with Crippen molar-refractivity contribution in [1.82, 2.24) is 44.9 Å². The number of aromatic nitrogens is 9. The van der Waals surface area contributed by atoms with Crippen molar-refractivity contribution in [3.8, 4) is 68.7 Å². The molecule has 7 aromatic rings. The zero-order chi connectivity index (χ0) is 35.5. The maximum Gasteiger partial charge on any atom is 0.327 e. The van der Waals surface area contributed by atoms with E-state index < -0.39 is 0 Å². The Morgan fingerprint density at radius 1 is 0.275 bits per heavy atom. The lowest BCUT2D eigenvalue weighted by Gasteiger charge is -2.13. The first-order valence-electron chi connectivity index (χ1n) is 14.3. The summed E-state index contributed by atoms with van der Waals surface area (Å²) in [7, 11) is 0. The summed E-state index contributed by atoms with van der Waals surface area (Å²) in [5.41, 5.74) is 5.48. The van der Waals surface area contributed by atoms with Gasteiger partial charge in [0.25, 0.3) is 0 Å². The normalized spacial score (nSPS) is 10.9. The molecule has 0 atom stereocenters. The van der Waals surface area contributed by atoms with Crippen molar-refractivity contribution in [3.05, 3.63) is 123 Å². The van der Waals surface area contributed by atoms with E-state index in [2.05, 4.69) is 63.1 Å². The lowest BCUT2D eigenvalue weighted by atomic mass is 9.93. The van der Waals surface area contributed by atoms with Crippen molar-refractivity contribution >= 4 is 69.6 Å². The summed E-state index contributed by atoms with van der Waals surface area (Å²) >= 11 is 35.3. The van der Waals surface area contributed by atoms with Crippen LogP contribution in [0.1, 0.15) is 0 Å². The van der Waals surface area contributed by atoms with Gasteiger partial charge in [0.1, 0.15) is 17.2 Å². The van der Waals surface area contributed by atoms with Gasteiger partial charge in [0, 0.05) is 0 Å². The number of nitrogens with zero attached hydrogens (tertiary/aromatic N) is 9. The molecule has 252 valence electrons. The third-order valence-electron chi connectivity index (χ3n) is 6.80. The Morgan fingerprint density at radius 3 is 0.706 bits per heavy atom. The van der Waals surface area contributed by atoms with Gasteiger partial charge in [0.05, 0.1) is 0 Å². The summed E-state index contributed by atoms with van der Waals surface area (Å²) in [5.74, 6) is 1.42. The standard InChI is InChI=1S/C33H15Cl6N9O3/c34-25-40-26(35)44-31(43-25)49-22-7-1-16(2-8-22)19-13-20(17-3-9-23(10-4-17)50-32-45-27(36)41-28(37)46-32)15-21(14-19)18-5-11-24(12-6-18)51-33-47-29(38)42-30(39)48-33/h1-15H. The highest BCUT2D eigenvalue weighted by atomic mass is 35.5. The molecule has 4 aromatic carbocycles. The summed E-state index contributed by atoms with van der Waals surface area (Å²) in [6, 6.07) is 28.3. The first-order valence-corrected chi connectivity index (χ1v) is 16.6. The second-order valence-electron chi connectivity index (χ2n) is 10.1. The number of hydrogen-bond donors (Lipinski definition) is 0. The number of hydrogen-bond acceptors (Lipinski definition) is 12. The van der Waals surface area contributed by atoms with Gasteiger partial charge in [-0.25, -0.2) is 0 Å². The van der Waals surface area contributed by atoms with E-state index in [1.165, 1.54) is 0 Å². The molecule has 0 saturated carbocycles. The molecule has 0 spiro atoms. The first kappa shape index (κ1) is 34.5. The molecule has 0 bridgehead atoms. The molecule has 0 radical (unpaired) electrons. The molecule has 3 heterocycles. The van der Waals surface area contributed by atoms with Crippen molar-refractivity contribution in [3.63, 3.8) is 0 Å². The zero-order valence-electron chi connectivity index (χ0n) is 25.2. The third-order valence-corrected chi connectivity index (χ3v) is 7.82. The highest BCUT2D eigenvalue weighted by Gasteiger charge is 2.12. The van der Waals surface area contributed by atoms with Crippen LogP contribution in [0.2, 0.25) is 31.7 Å². The van der Waals surface area contributed by atoms with Gasteiger partial charge in [0.2, 0.25) is 31.7 Å². The van der Waals surface area contributed by atoms with Crippen molar-refractivity contribution in [1.29, 1.82) is 0 Å². The predicted octanol–water partition coefficient (Wildman–Crippen LogP) is 10.5. The summed E-state index contributed by atoms with van der Waals surface area (Å²) in [6.07, 6.45) is 0. The van der Waals surface area contributed by atoms with Crippen LogP contribution in [0.25, 0.3) is 33.4 Å². The molecule has 18 heteroatoms. The minimum atomic E-state index is -0.0795. The van der Waals surface area contributed by atoms with Crippen LogP contribution in [0.4, 0.5) is 0 Å². The second-order valence-corrected chi connectivity index (χ2v) is 12.2. The van der Waals surface area contributed by atoms with Gasteiger partial charge in [0.15, 0.2) is 0 Å². The fourth-order valence-electron chi connectivity index (χ4n) is 4.65. The molecule has 0 saturated heterocycles. The Labute approximate surface area is 318 Å². The van der Waals surface area contributed by atoms with E-state index >= 15 is 0 Å². The van der Waals surface area contributed by atoms with Crippen LogP contribution in [0.5, 0.6) is 35.3 Å². The molecule has 0 unspecified atom stereocenters. The highest BCUT2D eigenvalue weighted by molar-refractivity contribution is 6.32. The maximum absolute atomic E-state index is 5.89. The van der Waals surface area contributed by atoms with Crippen LogP contribution in [0, 0.1) is 0 Å². The first-order chi connectivity index (χ1) is 24.6. The largest absolute Gasteiger partial charge is 0.424 e. The molecule has 0 aliphatic carbocycles. The van der Waals surface area contributed by atoms with Crippen molar-refractivity contribution in [2.75, 3.05) is 0 Å². The SMILES string of the molecule is Clc1nc(Cl)nc(Oc2ccc(-c3cc(-c4ccc(Oc5nc(Cl)nc(Cl)n5)cc4)cc(-c4ccc(Oc5nc(Cl)nc(Cl)n5)cc4)c3)cc2)n1. The van der Waals surface area contributed by atoms with Gasteiger partial charge >= 0.3 is 18.0 Å². The predicted molar refractivity (Wildman–Crippen MR) is 193 cm³/mol. The van der Waals surface area contributed by atoms with Crippen LogP contribution in [-0.4, -0.2) is 44.9 Å². The Morgan fingerprint density at radius 2 is 0.490 bits per heavy atom. The second kappa shape index (κ2) is 15.1. The van der Waals surface area contributed by atoms with E-state index in [1.54, 1.807) is 36.4 Å². The van der Waals surface area contributed by atoms with Gasteiger partial charge in [-0.1, -0.05) is 36.4 Å². The zero-order valence-corrected chi connectivity index (χ0v) is 29.7. The van der Waals surface area contributed by atoms with Crippen molar-refractivity contribution < 1.29 is 14.2 Å².